The first kappa shape index (κ1) is 22.3. The second-order valence-corrected chi connectivity index (χ2v) is 7.75. The number of halogens is 1. The zero-order valence-corrected chi connectivity index (χ0v) is 17.5. The van der Waals surface area contributed by atoms with Gasteiger partial charge in [-0.05, 0) is 37.9 Å². The number of nitro benzene ring substituents is 1. The van der Waals surface area contributed by atoms with Crippen LogP contribution in [0.1, 0.15) is 17.2 Å². The van der Waals surface area contributed by atoms with Gasteiger partial charge in [-0.15, -0.1) is 0 Å². The van der Waals surface area contributed by atoms with Crippen molar-refractivity contribution in [2.45, 2.75) is 6.04 Å². The number of carbonyl (C=O) groups is 2. The van der Waals surface area contributed by atoms with Gasteiger partial charge in [0.1, 0.15) is 11.5 Å². The number of phenolic OH excluding ortho intramolecular Hbond substituents is 1. The molecule has 1 amide bonds. The van der Waals surface area contributed by atoms with Gasteiger partial charge in [-0.1, -0.05) is 23.7 Å². The van der Waals surface area contributed by atoms with E-state index in [2.05, 4.69) is 0 Å². The Morgan fingerprint density at radius 3 is 2.58 bits per heavy atom. The SMILES string of the molecule is CN(C)CCN1C(=O)C(=O)C(=C(O)c2cc(Cl)ccc2O)[C@H]1c1cccc([N+](=O)[O-])c1. The monoisotopic (exact) mass is 445 g/mol. The van der Waals surface area contributed by atoms with Crippen LogP contribution in [0.5, 0.6) is 5.75 Å². The molecule has 9 nitrogen and oxygen atoms in total. The third kappa shape index (κ3) is 4.37. The molecule has 2 aromatic carbocycles. The molecule has 31 heavy (non-hydrogen) atoms. The summed E-state index contributed by atoms with van der Waals surface area (Å²) in [6.45, 7) is 0.560. The van der Waals surface area contributed by atoms with Crippen molar-refractivity contribution in [3.63, 3.8) is 0 Å². The summed E-state index contributed by atoms with van der Waals surface area (Å²) in [5, 5.41) is 32.6. The third-order valence-electron chi connectivity index (χ3n) is 4.94. The van der Waals surface area contributed by atoms with Gasteiger partial charge in [0.2, 0.25) is 0 Å². The molecular formula is C21H20ClN3O6. The largest absolute Gasteiger partial charge is 0.507 e. The van der Waals surface area contributed by atoms with Gasteiger partial charge < -0.3 is 20.0 Å². The van der Waals surface area contributed by atoms with Crippen molar-refractivity contribution in [2.24, 2.45) is 0 Å². The van der Waals surface area contributed by atoms with E-state index >= 15 is 0 Å². The number of amides is 1. The molecule has 2 N–H and O–H groups in total. The lowest BCUT2D eigenvalue weighted by Gasteiger charge is -2.26. The first-order chi connectivity index (χ1) is 14.6. The summed E-state index contributed by atoms with van der Waals surface area (Å²) in [7, 11) is 3.59. The Hall–Kier alpha value is -3.43. The Morgan fingerprint density at radius 1 is 1.23 bits per heavy atom. The van der Waals surface area contributed by atoms with E-state index in [1.807, 2.05) is 4.90 Å². The molecule has 2 aromatic rings. The van der Waals surface area contributed by atoms with Crippen molar-refractivity contribution >= 4 is 34.7 Å². The number of nitrogens with zero attached hydrogens (tertiary/aromatic N) is 3. The van der Waals surface area contributed by atoms with Crippen LogP contribution in [0, 0.1) is 10.1 Å². The number of ketones is 1. The molecule has 0 saturated carbocycles. The maximum Gasteiger partial charge on any atom is 0.295 e. The van der Waals surface area contributed by atoms with Gasteiger partial charge in [0.25, 0.3) is 17.4 Å². The fourth-order valence-electron chi connectivity index (χ4n) is 3.42. The van der Waals surface area contributed by atoms with E-state index in [9.17, 15) is 29.9 Å². The zero-order valence-electron chi connectivity index (χ0n) is 16.8. The number of hydrogen-bond acceptors (Lipinski definition) is 7. The van der Waals surface area contributed by atoms with Crippen molar-refractivity contribution < 1.29 is 24.7 Å². The number of carbonyl (C=O) groups excluding carboxylic acids is 2. The van der Waals surface area contributed by atoms with Gasteiger partial charge in [-0.3, -0.25) is 19.7 Å². The average Bonchev–Trinajstić information content (AvgIpc) is 2.98. The third-order valence-corrected chi connectivity index (χ3v) is 5.17. The van der Waals surface area contributed by atoms with Crippen molar-refractivity contribution in [1.29, 1.82) is 0 Å². The predicted molar refractivity (Wildman–Crippen MR) is 114 cm³/mol. The van der Waals surface area contributed by atoms with E-state index in [1.54, 1.807) is 14.1 Å². The van der Waals surface area contributed by atoms with Crippen LogP contribution in [0.4, 0.5) is 5.69 Å². The van der Waals surface area contributed by atoms with Crippen LogP contribution in [0.2, 0.25) is 5.02 Å². The minimum absolute atomic E-state index is 0.117. The van der Waals surface area contributed by atoms with Crippen molar-refractivity contribution in [2.75, 3.05) is 27.2 Å². The molecule has 1 heterocycles. The Morgan fingerprint density at radius 2 is 1.94 bits per heavy atom. The summed E-state index contributed by atoms with van der Waals surface area (Å²) in [5.74, 6) is -2.74. The predicted octanol–water partition coefficient (Wildman–Crippen LogP) is 2.94. The van der Waals surface area contributed by atoms with Gasteiger partial charge in [-0.2, -0.15) is 0 Å². The van der Waals surface area contributed by atoms with Crippen LogP contribution in [0.15, 0.2) is 48.0 Å². The quantitative estimate of drug-likeness (QED) is 0.230. The fraction of sp³-hybridized carbons (Fsp3) is 0.238. The van der Waals surface area contributed by atoms with Crippen LogP contribution < -0.4 is 0 Å². The maximum absolute atomic E-state index is 12.9. The molecule has 0 aliphatic carbocycles. The molecule has 0 spiro atoms. The number of likely N-dealkylation sites (tertiary alicyclic amines) is 1. The van der Waals surface area contributed by atoms with E-state index in [1.165, 1.54) is 47.4 Å². The smallest absolute Gasteiger partial charge is 0.295 e. The Kier molecular flexibility index (Phi) is 6.28. The molecule has 1 aliphatic heterocycles. The van der Waals surface area contributed by atoms with Crippen LogP contribution in [-0.4, -0.2) is 63.8 Å². The molecule has 0 bridgehead atoms. The maximum atomic E-state index is 12.9. The molecule has 3 rings (SSSR count). The van der Waals surface area contributed by atoms with Crippen molar-refractivity contribution in [1.82, 2.24) is 9.80 Å². The van der Waals surface area contributed by atoms with E-state index in [0.717, 1.165) is 0 Å². The van der Waals surface area contributed by atoms with Crippen molar-refractivity contribution in [3.05, 3.63) is 74.3 Å². The number of benzene rings is 2. The number of phenols is 1. The van der Waals surface area contributed by atoms with Crippen LogP contribution in [0.3, 0.4) is 0 Å². The lowest BCUT2D eigenvalue weighted by atomic mass is 9.94. The Labute approximate surface area is 182 Å². The van der Waals surface area contributed by atoms with Crippen LogP contribution in [0.25, 0.3) is 5.76 Å². The van der Waals surface area contributed by atoms with Crippen LogP contribution in [-0.2, 0) is 9.59 Å². The number of aliphatic hydroxyl groups excluding tert-OH is 1. The number of aliphatic hydroxyl groups is 1. The second kappa shape index (κ2) is 8.75. The van der Waals surface area contributed by atoms with Crippen molar-refractivity contribution in [3.8, 4) is 5.75 Å². The number of likely N-dealkylation sites (N-methyl/N-ethyl adjacent to an activating group) is 1. The summed E-state index contributed by atoms with van der Waals surface area (Å²) in [6.07, 6.45) is 0. The molecule has 10 heteroatoms. The number of non-ortho nitro benzene ring substituents is 1. The fourth-order valence-corrected chi connectivity index (χ4v) is 3.59. The van der Waals surface area contributed by atoms with E-state index in [0.29, 0.717) is 6.54 Å². The summed E-state index contributed by atoms with van der Waals surface area (Å²) in [4.78, 5) is 39.5. The number of rotatable bonds is 6. The summed E-state index contributed by atoms with van der Waals surface area (Å²) >= 11 is 5.97. The Bertz CT molecular complexity index is 1100. The topological polar surface area (TPSA) is 124 Å². The Balaban J connectivity index is 2.23. The molecule has 0 unspecified atom stereocenters. The molecule has 0 radical (unpaired) electrons. The van der Waals surface area contributed by atoms with Gasteiger partial charge in [0, 0.05) is 30.2 Å². The highest BCUT2D eigenvalue weighted by molar-refractivity contribution is 6.46. The number of aromatic hydroxyl groups is 1. The molecule has 1 fully saturated rings. The van der Waals surface area contributed by atoms with Gasteiger partial charge in [-0.25, -0.2) is 0 Å². The highest BCUT2D eigenvalue weighted by Crippen LogP contribution is 2.41. The standard InChI is InChI=1S/C21H20ClN3O6/c1-23(2)8-9-24-18(12-4-3-5-14(10-12)25(30)31)17(20(28)21(24)29)19(27)15-11-13(22)6-7-16(15)26/h3-7,10-11,18,26-27H,8-9H2,1-2H3/t18-/m1/s1. The number of hydrogen-bond donors (Lipinski definition) is 2. The summed E-state index contributed by atoms with van der Waals surface area (Å²) < 4.78 is 0. The molecule has 1 saturated heterocycles. The normalized spacial score (nSPS) is 18.1. The van der Waals surface area contributed by atoms with E-state index < -0.39 is 28.4 Å². The minimum atomic E-state index is -1.07. The number of Topliss-reactive ketones (excluding diaryl/α,β-unsaturated/α-hetero) is 1. The molecule has 0 aromatic heterocycles. The molecular weight excluding hydrogens is 426 g/mol. The highest BCUT2D eigenvalue weighted by Gasteiger charge is 2.46. The average molecular weight is 446 g/mol. The van der Waals surface area contributed by atoms with Crippen LogP contribution >= 0.6 is 11.6 Å². The highest BCUT2D eigenvalue weighted by atomic mass is 35.5. The second-order valence-electron chi connectivity index (χ2n) is 7.31. The molecule has 162 valence electrons. The van der Waals surface area contributed by atoms with Gasteiger partial charge in [0.15, 0.2) is 0 Å². The van der Waals surface area contributed by atoms with Gasteiger partial charge in [0.05, 0.1) is 22.1 Å². The molecule has 1 atom stereocenters. The zero-order chi connectivity index (χ0) is 22.9. The van der Waals surface area contributed by atoms with E-state index in [4.69, 9.17) is 11.6 Å². The minimum Gasteiger partial charge on any atom is -0.507 e. The van der Waals surface area contributed by atoms with Gasteiger partial charge >= 0.3 is 0 Å². The number of nitro groups is 1. The van der Waals surface area contributed by atoms with E-state index in [-0.39, 0.29) is 39.7 Å². The molecule has 1 aliphatic rings. The lowest BCUT2D eigenvalue weighted by molar-refractivity contribution is -0.384. The first-order valence-corrected chi connectivity index (χ1v) is 9.66. The summed E-state index contributed by atoms with van der Waals surface area (Å²) in [5.41, 5.74) is -0.327. The lowest BCUT2D eigenvalue weighted by Crippen LogP contribution is -2.35. The first-order valence-electron chi connectivity index (χ1n) is 9.28. The summed E-state index contributed by atoms with van der Waals surface area (Å²) in [6, 6.07) is 8.38.